The van der Waals surface area contributed by atoms with E-state index in [2.05, 4.69) is 17.2 Å². The average Bonchev–Trinajstić information content (AvgIpc) is 2.90. The molecule has 114 valence electrons. The van der Waals surface area contributed by atoms with E-state index in [0.29, 0.717) is 6.54 Å². The second-order valence-corrected chi connectivity index (χ2v) is 6.11. The van der Waals surface area contributed by atoms with Gasteiger partial charge < -0.3 is 11.1 Å². The molecule has 1 aliphatic rings. The molecule has 1 fully saturated rings. The molecule has 1 aromatic heterocycles. The molecule has 1 aliphatic carbocycles. The molecule has 3 nitrogen and oxygen atoms in total. The van der Waals surface area contributed by atoms with Crippen molar-refractivity contribution in [2.45, 2.75) is 38.2 Å². The van der Waals surface area contributed by atoms with E-state index in [9.17, 15) is 13.6 Å². The molecule has 6 heteroatoms. The van der Waals surface area contributed by atoms with Crippen molar-refractivity contribution in [3.05, 3.63) is 21.9 Å². The molecule has 1 aromatic rings. The number of carbonyl (C=O) groups excluding carboxylic acids is 1. The molecule has 0 bridgehead atoms. The first kappa shape index (κ1) is 15.9. The third-order valence-electron chi connectivity index (χ3n) is 3.58. The summed E-state index contributed by atoms with van der Waals surface area (Å²) in [5.74, 6) is 2.69. The summed E-state index contributed by atoms with van der Waals surface area (Å²) in [4.78, 5) is 13.0. The number of halogens is 2. The highest BCUT2D eigenvalue weighted by atomic mass is 32.1. The Morgan fingerprint density at radius 2 is 2.19 bits per heavy atom. The maximum Gasteiger partial charge on any atom is 0.248 e. The molecule has 0 spiro atoms. The molecular formula is C15H18F2N2OS. The van der Waals surface area contributed by atoms with Crippen LogP contribution in [-0.4, -0.2) is 18.4 Å². The number of nitrogens with one attached hydrogen (secondary N) is 1. The molecule has 1 heterocycles. The first-order valence-corrected chi connectivity index (χ1v) is 7.80. The van der Waals surface area contributed by atoms with Crippen molar-refractivity contribution < 1.29 is 13.6 Å². The van der Waals surface area contributed by atoms with Gasteiger partial charge in [-0.1, -0.05) is 11.8 Å². The summed E-state index contributed by atoms with van der Waals surface area (Å²) in [7, 11) is 0. The van der Waals surface area contributed by atoms with Crippen LogP contribution in [0.15, 0.2) is 11.4 Å². The Labute approximate surface area is 126 Å². The van der Waals surface area contributed by atoms with E-state index < -0.39 is 5.92 Å². The lowest BCUT2D eigenvalue weighted by molar-refractivity contribution is -0.129. The molecular weight excluding hydrogens is 294 g/mol. The van der Waals surface area contributed by atoms with E-state index in [1.807, 2.05) is 11.4 Å². The standard InChI is InChI=1S/C15H18F2N2OS/c16-15(17)6-3-12(4-7-15)14(20)19-10-13-11(2-1-8-18)5-9-21-13/h5,9,12H,3-4,6-8,10,18H2,(H,19,20). The average molecular weight is 312 g/mol. The van der Waals surface area contributed by atoms with Crippen molar-refractivity contribution in [1.29, 1.82) is 0 Å². The second-order valence-electron chi connectivity index (χ2n) is 5.11. The van der Waals surface area contributed by atoms with Gasteiger partial charge in [0.25, 0.3) is 0 Å². The fraction of sp³-hybridized carbons (Fsp3) is 0.533. The summed E-state index contributed by atoms with van der Waals surface area (Å²) >= 11 is 1.51. The van der Waals surface area contributed by atoms with Crippen LogP contribution >= 0.6 is 11.3 Å². The van der Waals surface area contributed by atoms with Gasteiger partial charge in [-0.25, -0.2) is 8.78 Å². The largest absolute Gasteiger partial charge is 0.351 e. The first-order chi connectivity index (χ1) is 10.0. The number of hydrogen-bond acceptors (Lipinski definition) is 3. The summed E-state index contributed by atoms with van der Waals surface area (Å²) in [5, 5.41) is 4.73. The Hall–Kier alpha value is -1.45. The van der Waals surface area contributed by atoms with Crippen LogP contribution in [0.25, 0.3) is 0 Å². The predicted molar refractivity (Wildman–Crippen MR) is 79.0 cm³/mol. The van der Waals surface area contributed by atoms with Crippen molar-refractivity contribution in [3.8, 4) is 11.8 Å². The third kappa shape index (κ3) is 4.51. The minimum Gasteiger partial charge on any atom is -0.351 e. The monoisotopic (exact) mass is 312 g/mol. The fourth-order valence-electron chi connectivity index (χ4n) is 2.35. The molecule has 21 heavy (non-hydrogen) atoms. The Kier molecular flexibility index (Phi) is 5.32. The minimum absolute atomic E-state index is 0.142. The minimum atomic E-state index is -2.60. The fourth-order valence-corrected chi connectivity index (χ4v) is 3.12. The lowest BCUT2D eigenvalue weighted by atomic mass is 9.86. The van der Waals surface area contributed by atoms with E-state index in [-0.39, 0.29) is 44.1 Å². The summed E-state index contributed by atoms with van der Waals surface area (Å²) in [6, 6.07) is 1.88. The molecule has 0 atom stereocenters. The predicted octanol–water partition coefficient (Wildman–Crippen LogP) is 2.50. The maximum atomic E-state index is 13.1. The smallest absolute Gasteiger partial charge is 0.248 e. The molecule has 2 rings (SSSR count). The Balaban J connectivity index is 1.86. The van der Waals surface area contributed by atoms with E-state index in [0.717, 1.165) is 10.4 Å². The van der Waals surface area contributed by atoms with Crippen LogP contribution in [0, 0.1) is 17.8 Å². The zero-order valence-corrected chi connectivity index (χ0v) is 12.4. The number of carbonyl (C=O) groups is 1. The summed E-state index contributed by atoms with van der Waals surface area (Å²) in [6.45, 7) is 0.676. The van der Waals surface area contributed by atoms with E-state index in [4.69, 9.17) is 5.73 Å². The van der Waals surface area contributed by atoms with Gasteiger partial charge in [0.15, 0.2) is 0 Å². The summed E-state index contributed by atoms with van der Waals surface area (Å²) in [5.41, 5.74) is 6.20. The molecule has 0 saturated heterocycles. The van der Waals surface area contributed by atoms with Gasteiger partial charge in [0, 0.05) is 29.2 Å². The highest BCUT2D eigenvalue weighted by Gasteiger charge is 2.37. The van der Waals surface area contributed by atoms with Crippen LogP contribution in [0.1, 0.15) is 36.1 Å². The lowest BCUT2D eigenvalue weighted by Crippen LogP contribution is -2.35. The molecule has 0 aliphatic heterocycles. The second kappa shape index (κ2) is 7.01. The van der Waals surface area contributed by atoms with Crippen molar-refractivity contribution in [3.63, 3.8) is 0 Å². The third-order valence-corrected chi connectivity index (χ3v) is 4.50. The van der Waals surface area contributed by atoms with E-state index in [1.54, 1.807) is 0 Å². The van der Waals surface area contributed by atoms with Gasteiger partial charge in [0.2, 0.25) is 11.8 Å². The van der Waals surface area contributed by atoms with Crippen LogP contribution in [0.3, 0.4) is 0 Å². The number of nitrogens with two attached hydrogens (primary N) is 1. The first-order valence-electron chi connectivity index (χ1n) is 6.93. The van der Waals surface area contributed by atoms with Gasteiger partial charge in [-0.2, -0.15) is 0 Å². The molecule has 1 saturated carbocycles. The highest BCUT2D eigenvalue weighted by Crippen LogP contribution is 2.36. The SMILES string of the molecule is NCC#Cc1ccsc1CNC(=O)C1CCC(F)(F)CC1. The van der Waals surface area contributed by atoms with Crippen LogP contribution in [0.5, 0.6) is 0 Å². The highest BCUT2D eigenvalue weighted by molar-refractivity contribution is 7.10. The van der Waals surface area contributed by atoms with E-state index >= 15 is 0 Å². The van der Waals surface area contributed by atoms with Gasteiger partial charge in [0.05, 0.1) is 13.1 Å². The van der Waals surface area contributed by atoms with Gasteiger partial charge in [-0.3, -0.25) is 4.79 Å². The Bertz CT molecular complexity index is 550. The molecule has 1 amide bonds. The van der Waals surface area contributed by atoms with Crippen molar-refractivity contribution in [1.82, 2.24) is 5.32 Å². The van der Waals surface area contributed by atoms with Crippen molar-refractivity contribution in [2.75, 3.05) is 6.54 Å². The summed E-state index contributed by atoms with van der Waals surface area (Å²) in [6.07, 6.45) is 0.112. The summed E-state index contributed by atoms with van der Waals surface area (Å²) < 4.78 is 26.1. The van der Waals surface area contributed by atoms with E-state index in [1.165, 1.54) is 11.3 Å². The van der Waals surface area contributed by atoms with Crippen molar-refractivity contribution >= 4 is 17.2 Å². The van der Waals surface area contributed by atoms with Crippen LogP contribution in [0.4, 0.5) is 8.78 Å². The lowest BCUT2D eigenvalue weighted by Gasteiger charge is -2.27. The van der Waals surface area contributed by atoms with Crippen LogP contribution < -0.4 is 11.1 Å². The number of amides is 1. The topological polar surface area (TPSA) is 55.1 Å². The molecule has 0 radical (unpaired) electrons. The maximum absolute atomic E-state index is 13.1. The zero-order valence-electron chi connectivity index (χ0n) is 11.6. The normalized spacial score (nSPS) is 17.9. The molecule has 0 aromatic carbocycles. The van der Waals surface area contributed by atoms with Gasteiger partial charge in [0.1, 0.15) is 0 Å². The van der Waals surface area contributed by atoms with Crippen LogP contribution in [0.2, 0.25) is 0 Å². The van der Waals surface area contributed by atoms with Gasteiger partial charge >= 0.3 is 0 Å². The number of hydrogen-bond donors (Lipinski definition) is 2. The van der Waals surface area contributed by atoms with Gasteiger partial charge in [-0.15, -0.1) is 11.3 Å². The number of rotatable bonds is 3. The molecule has 3 N–H and O–H groups in total. The molecule has 0 unspecified atom stereocenters. The van der Waals surface area contributed by atoms with Gasteiger partial charge in [-0.05, 0) is 24.3 Å². The Morgan fingerprint density at radius 3 is 2.86 bits per heavy atom. The zero-order chi connectivity index (χ0) is 15.3. The Morgan fingerprint density at radius 1 is 1.48 bits per heavy atom. The number of alkyl halides is 2. The van der Waals surface area contributed by atoms with Crippen LogP contribution in [-0.2, 0) is 11.3 Å². The number of thiophene rings is 1. The quantitative estimate of drug-likeness (QED) is 0.843. The van der Waals surface area contributed by atoms with Crippen molar-refractivity contribution in [2.24, 2.45) is 11.7 Å².